The van der Waals surface area contributed by atoms with Crippen molar-refractivity contribution in [1.29, 1.82) is 0 Å². The molecule has 1 saturated carbocycles. The molecule has 1 amide bonds. The molecule has 0 aromatic heterocycles. The monoisotopic (exact) mass is 300 g/mol. The van der Waals surface area contributed by atoms with Crippen molar-refractivity contribution in [2.24, 2.45) is 11.1 Å². The molecule has 3 rings (SSSR count). The second-order valence-corrected chi connectivity index (χ2v) is 6.19. The minimum absolute atomic E-state index is 0.0134. The van der Waals surface area contributed by atoms with Crippen LogP contribution in [0.25, 0.3) is 0 Å². The molecular formula is C18H24N2O2. The summed E-state index contributed by atoms with van der Waals surface area (Å²) in [5, 5.41) is 4.21. The smallest absolute Gasteiger partial charge is 0.225 e. The molecule has 4 heteroatoms. The van der Waals surface area contributed by atoms with Crippen molar-refractivity contribution in [3.05, 3.63) is 35.9 Å². The summed E-state index contributed by atoms with van der Waals surface area (Å²) in [6, 6.07) is 10.1. The van der Waals surface area contributed by atoms with E-state index in [1.54, 1.807) is 0 Å². The zero-order chi connectivity index (χ0) is 15.4. The predicted molar refractivity (Wildman–Crippen MR) is 86.7 cm³/mol. The molecule has 0 unspecified atom stereocenters. The van der Waals surface area contributed by atoms with Gasteiger partial charge in [0, 0.05) is 18.9 Å². The lowest BCUT2D eigenvalue weighted by atomic mass is 10.0. The average Bonchev–Trinajstić information content (AvgIpc) is 3.24. The number of oxime groups is 1. The number of carbonyl (C=O) groups is 1. The van der Waals surface area contributed by atoms with Crippen LogP contribution < -0.4 is 0 Å². The van der Waals surface area contributed by atoms with Crippen molar-refractivity contribution in [2.45, 2.75) is 45.1 Å². The Hall–Kier alpha value is -1.84. The zero-order valence-corrected chi connectivity index (χ0v) is 13.2. The molecule has 1 fully saturated rings. The number of hydrogen-bond donors (Lipinski definition) is 0. The van der Waals surface area contributed by atoms with Crippen LogP contribution in [0.3, 0.4) is 0 Å². The fraction of sp³-hybridized carbons (Fsp3) is 0.556. The number of rotatable bonds is 5. The van der Waals surface area contributed by atoms with E-state index < -0.39 is 0 Å². The van der Waals surface area contributed by atoms with Gasteiger partial charge in [-0.2, -0.15) is 0 Å². The summed E-state index contributed by atoms with van der Waals surface area (Å²) < 4.78 is 0. The van der Waals surface area contributed by atoms with E-state index in [-0.39, 0.29) is 12.0 Å². The number of nitrogens with zero attached hydrogens (tertiary/aromatic N) is 2. The summed E-state index contributed by atoms with van der Waals surface area (Å²) in [4.78, 5) is 20.1. The number of benzene rings is 1. The van der Waals surface area contributed by atoms with Gasteiger partial charge in [0.25, 0.3) is 0 Å². The third kappa shape index (κ3) is 3.32. The van der Waals surface area contributed by atoms with Crippen LogP contribution in [-0.2, 0) is 9.63 Å². The van der Waals surface area contributed by atoms with Gasteiger partial charge in [0.05, 0.1) is 12.3 Å². The number of carbonyl (C=O) groups excluding carboxylic acids is 1. The molecule has 1 atom stereocenters. The highest BCUT2D eigenvalue weighted by atomic mass is 16.6. The van der Waals surface area contributed by atoms with Crippen LogP contribution in [0.15, 0.2) is 35.5 Å². The van der Waals surface area contributed by atoms with E-state index in [0.29, 0.717) is 12.5 Å². The van der Waals surface area contributed by atoms with Gasteiger partial charge in [-0.15, -0.1) is 0 Å². The molecule has 0 bridgehead atoms. The summed E-state index contributed by atoms with van der Waals surface area (Å²) in [6.45, 7) is 3.43. The molecule has 22 heavy (non-hydrogen) atoms. The van der Waals surface area contributed by atoms with Gasteiger partial charge in [0.15, 0.2) is 6.10 Å². The SMILES string of the molecule is CCN(C[C@@H]1CC(c2ccccc2)=NO1)C(=O)C1CCCC1. The molecule has 1 aliphatic carbocycles. The predicted octanol–water partition coefficient (Wildman–Crippen LogP) is 3.22. The Bertz CT molecular complexity index is 535. The molecule has 1 aliphatic heterocycles. The molecule has 1 aromatic rings. The normalized spacial score (nSPS) is 21.5. The third-order valence-corrected chi connectivity index (χ3v) is 4.66. The quantitative estimate of drug-likeness (QED) is 0.838. The van der Waals surface area contributed by atoms with E-state index in [9.17, 15) is 4.79 Å². The zero-order valence-electron chi connectivity index (χ0n) is 13.2. The summed E-state index contributed by atoms with van der Waals surface area (Å²) in [5.74, 6) is 0.535. The van der Waals surface area contributed by atoms with Crippen molar-refractivity contribution in [2.75, 3.05) is 13.1 Å². The van der Waals surface area contributed by atoms with Crippen LogP contribution in [0.1, 0.15) is 44.6 Å². The Morgan fingerprint density at radius 2 is 2.00 bits per heavy atom. The first-order chi connectivity index (χ1) is 10.8. The van der Waals surface area contributed by atoms with E-state index >= 15 is 0 Å². The van der Waals surface area contributed by atoms with Gasteiger partial charge in [-0.1, -0.05) is 48.3 Å². The standard InChI is InChI=1S/C18H24N2O2/c1-2-20(18(21)15-10-6-7-11-15)13-16-12-17(19-22-16)14-8-4-3-5-9-14/h3-5,8-9,15-16H,2,6-7,10-13H2,1H3/t16-/m0/s1. The second-order valence-electron chi connectivity index (χ2n) is 6.19. The molecule has 0 saturated heterocycles. The van der Waals surface area contributed by atoms with Crippen LogP contribution in [0.4, 0.5) is 0 Å². The van der Waals surface area contributed by atoms with Crippen LogP contribution in [0, 0.1) is 5.92 Å². The molecule has 1 aromatic carbocycles. The molecular weight excluding hydrogens is 276 g/mol. The third-order valence-electron chi connectivity index (χ3n) is 4.66. The van der Waals surface area contributed by atoms with E-state index in [4.69, 9.17) is 4.84 Å². The minimum Gasteiger partial charge on any atom is -0.390 e. The van der Waals surface area contributed by atoms with Crippen molar-refractivity contribution in [3.8, 4) is 0 Å². The van der Waals surface area contributed by atoms with Crippen LogP contribution >= 0.6 is 0 Å². The molecule has 0 spiro atoms. The maximum absolute atomic E-state index is 12.5. The molecule has 1 heterocycles. The first-order valence-corrected chi connectivity index (χ1v) is 8.35. The maximum Gasteiger partial charge on any atom is 0.225 e. The van der Waals surface area contributed by atoms with Gasteiger partial charge in [-0.05, 0) is 25.3 Å². The van der Waals surface area contributed by atoms with Crippen LogP contribution in [0.5, 0.6) is 0 Å². The van der Waals surface area contributed by atoms with Crippen molar-refractivity contribution in [3.63, 3.8) is 0 Å². The summed E-state index contributed by atoms with van der Waals surface area (Å²) in [6.07, 6.45) is 5.24. The van der Waals surface area contributed by atoms with Crippen LogP contribution in [0.2, 0.25) is 0 Å². The van der Waals surface area contributed by atoms with Gasteiger partial charge >= 0.3 is 0 Å². The van der Waals surface area contributed by atoms with Gasteiger partial charge < -0.3 is 9.74 Å². The molecule has 0 N–H and O–H groups in total. The first kappa shape index (κ1) is 15.1. The minimum atomic E-state index is -0.0134. The number of hydrogen-bond acceptors (Lipinski definition) is 3. The van der Waals surface area contributed by atoms with Crippen molar-refractivity contribution >= 4 is 11.6 Å². The van der Waals surface area contributed by atoms with Crippen molar-refractivity contribution in [1.82, 2.24) is 4.90 Å². The van der Waals surface area contributed by atoms with Crippen molar-refractivity contribution < 1.29 is 9.63 Å². The molecule has 118 valence electrons. The number of likely N-dealkylation sites (N-methyl/N-ethyl adjacent to an activating group) is 1. The highest BCUT2D eigenvalue weighted by Crippen LogP contribution is 2.27. The highest BCUT2D eigenvalue weighted by molar-refractivity contribution is 6.01. The number of amides is 1. The lowest BCUT2D eigenvalue weighted by Crippen LogP contribution is -2.40. The lowest BCUT2D eigenvalue weighted by molar-refractivity contribution is -0.136. The topological polar surface area (TPSA) is 41.9 Å². The summed E-state index contributed by atoms with van der Waals surface area (Å²) in [7, 11) is 0. The molecule has 4 nitrogen and oxygen atoms in total. The van der Waals surface area contributed by atoms with Crippen LogP contribution in [-0.4, -0.2) is 35.7 Å². The average molecular weight is 300 g/mol. The van der Waals surface area contributed by atoms with Gasteiger partial charge in [0.1, 0.15) is 0 Å². The fourth-order valence-electron chi connectivity index (χ4n) is 3.38. The summed E-state index contributed by atoms with van der Waals surface area (Å²) >= 11 is 0. The Labute approximate surface area is 132 Å². The fourth-order valence-corrected chi connectivity index (χ4v) is 3.38. The second kappa shape index (κ2) is 6.95. The molecule has 2 aliphatic rings. The van der Waals surface area contributed by atoms with E-state index in [2.05, 4.69) is 5.16 Å². The molecule has 0 radical (unpaired) electrons. The van der Waals surface area contributed by atoms with Gasteiger partial charge in [0.2, 0.25) is 5.91 Å². The largest absolute Gasteiger partial charge is 0.390 e. The highest BCUT2D eigenvalue weighted by Gasteiger charge is 2.30. The Kier molecular flexibility index (Phi) is 4.76. The van der Waals surface area contributed by atoms with E-state index in [0.717, 1.165) is 37.1 Å². The first-order valence-electron chi connectivity index (χ1n) is 8.35. The van der Waals surface area contributed by atoms with Gasteiger partial charge in [-0.25, -0.2) is 0 Å². The Morgan fingerprint density at radius 1 is 1.27 bits per heavy atom. The van der Waals surface area contributed by atoms with E-state index in [1.165, 1.54) is 12.8 Å². The summed E-state index contributed by atoms with van der Waals surface area (Å²) in [5.41, 5.74) is 2.09. The Balaban J connectivity index is 1.56. The maximum atomic E-state index is 12.5. The van der Waals surface area contributed by atoms with Gasteiger partial charge in [-0.3, -0.25) is 4.79 Å². The lowest BCUT2D eigenvalue weighted by Gasteiger charge is -2.26. The Morgan fingerprint density at radius 3 is 2.68 bits per heavy atom. The van der Waals surface area contributed by atoms with E-state index in [1.807, 2.05) is 42.2 Å².